The molecule has 0 spiro atoms. The first kappa shape index (κ1) is 21.2. The van der Waals surface area contributed by atoms with Gasteiger partial charge in [-0.05, 0) is 56.8 Å². The maximum Gasteiger partial charge on any atom is 0.0154 e. The van der Waals surface area contributed by atoms with E-state index >= 15 is 0 Å². The van der Waals surface area contributed by atoms with Crippen molar-refractivity contribution in [1.82, 2.24) is 0 Å². The molecule has 2 aliphatic rings. The third-order valence-corrected chi connectivity index (χ3v) is 7.30. The Labute approximate surface area is 157 Å². The van der Waals surface area contributed by atoms with Gasteiger partial charge in [-0.15, -0.1) is 0 Å². The molecule has 1 unspecified atom stereocenters. The molecule has 0 bridgehead atoms. The van der Waals surface area contributed by atoms with E-state index in [0.717, 1.165) is 11.8 Å². The zero-order valence-electron chi connectivity index (χ0n) is 17.1. The van der Waals surface area contributed by atoms with Gasteiger partial charge in [-0.2, -0.15) is 0 Å². The van der Waals surface area contributed by atoms with Crippen LogP contribution in [0.15, 0.2) is 0 Å². The van der Waals surface area contributed by atoms with Crippen LogP contribution in [0.25, 0.3) is 0 Å². The van der Waals surface area contributed by atoms with Crippen molar-refractivity contribution in [3.8, 4) is 0 Å². The van der Waals surface area contributed by atoms with Crippen LogP contribution in [0.4, 0.5) is 0 Å². The highest BCUT2D eigenvalue weighted by Gasteiger charge is 2.26. The third-order valence-electron chi connectivity index (χ3n) is 7.30. The fraction of sp³-hybridized carbons (Fsp3) is 1.00. The molecule has 2 nitrogen and oxygen atoms in total. The molecule has 2 saturated carbocycles. The average Bonchev–Trinajstić information content (AvgIpc) is 2.61. The number of hydrogen-bond acceptors (Lipinski definition) is 2. The van der Waals surface area contributed by atoms with E-state index in [0.29, 0.717) is 6.04 Å². The van der Waals surface area contributed by atoms with Crippen LogP contribution in [0.2, 0.25) is 0 Å². The Morgan fingerprint density at radius 2 is 1.36 bits per heavy atom. The Kier molecular flexibility index (Phi) is 9.84. The summed E-state index contributed by atoms with van der Waals surface area (Å²) in [5, 5.41) is 0. The second-order valence-electron chi connectivity index (χ2n) is 9.59. The predicted molar refractivity (Wildman–Crippen MR) is 111 cm³/mol. The highest BCUT2D eigenvalue weighted by atomic mass is 14.7. The molecule has 2 aliphatic carbocycles. The van der Waals surface area contributed by atoms with Crippen molar-refractivity contribution in [3.05, 3.63) is 0 Å². The van der Waals surface area contributed by atoms with E-state index in [1.165, 1.54) is 116 Å². The lowest BCUT2D eigenvalue weighted by Gasteiger charge is -2.33. The van der Waals surface area contributed by atoms with E-state index in [1.807, 2.05) is 0 Å². The lowest BCUT2D eigenvalue weighted by Crippen LogP contribution is -2.41. The Morgan fingerprint density at radius 3 is 2.00 bits per heavy atom. The first-order valence-electron chi connectivity index (χ1n) is 11.6. The highest BCUT2D eigenvalue weighted by Crippen LogP contribution is 2.32. The van der Waals surface area contributed by atoms with E-state index in [-0.39, 0.29) is 5.54 Å². The summed E-state index contributed by atoms with van der Waals surface area (Å²) in [7, 11) is 0. The van der Waals surface area contributed by atoms with Gasteiger partial charge in [-0.3, -0.25) is 0 Å². The molecule has 0 aromatic rings. The molecule has 0 heterocycles. The van der Waals surface area contributed by atoms with Crippen molar-refractivity contribution in [1.29, 1.82) is 0 Å². The summed E-state index contributed by atoms with van der Waals surface area (Å²) in [5.41, 5.74) is 12.8. The van der Waals surface area contributed by atoms with Crippen LogP contribution in [-0.4, -0.2) is 11.6 Å². The van der Waals surface area contributed by atoms with Crippen LogP contribution >= 0.6 is 0 Å². The first-order chi connectivity index (χ1) is 12.1. The number of hydrogen-bond donors (Lipinski definition) is 2. The molecular weight excluding hydrogens is 304 g/mol. The molecule has 0 aliphatic heterocycles. The van der Waals surface area contributed by atoms with Crippen LogP contribution in [0.1, 0.15) is 122 Å². The van der Waals surface area contributed by atoms with E-state index in [4.69, 9.17) is 11.5 Å². The Morgan fingerprint density at radius 1 is 0.800 bits per heavy atom. The molecule has 0 aromatic carbocycles. The molecule has 4 N–H and O–H groups in total. The zero-order valence-corrected chi connectivity index (χ0v) is 17.1. The minimum Gasteiger partial charge on any atom is -0.328 e. The fourth-order valence-electron chi connectivity index (χ4n) is 5.28. The lowest BCUT2D eigenvalue weighted by molar-refractivity contribution is 0.232. The normalized spacial score (nSPS) is 28.0. The molecule has 0 radical (unpaired) electrons. The minimum atomic E-state index is 0.206. The zero-order chi connectivity index (χ0) is 18.0. The molecule has 1 atom stereocenters. The molecule has 148 valence electrons. The SMILES string of the molecule is CC(CCCCCCCCCC1(N)CCCCC1)C1CCC(N)CC1. The third kappa shape index (κ3) is 8.43. The summed E-state index contributed by atoms with van der Waals surface area (Å²) < 4.78 is 0. The Hall–Kier alpha value is -0.0800. The summed E-state index contributed by atoms with van der Waals surface area (Å²) >= 11 is 0. The summed E-state index contributed by atoms with van der Waals surface area (Å²) in [6, 6.07) is 0.496. The van der Waals surface area contributed by atoms with Crippen molar-refractivity contribution < 1.29 is 0 Å². The summed E-state index contributed by atoms with van der Waals surface area (Å²) in [6.45, 7) is 2.48. The van der Waals surface area contributed by atoms with E-state index in [2.05, 4.69) is 6.92 Å². The van der Waals surface area contributed by atoms with Gasteiger partial charge in [-0.25, -0.2) is 0 Å². The van der Waals surface area contributed by atoms with Crippen LogP contribution in [0.3, 0.4) is 0 Å². The standard InChI is InChI=1S/C23H46N2/c1-20(21-13-15-22(24)16-14-21)12-8-5-3-2-4-6-9-17-23(25)18-10-7-11-19-23/h20-22H,2-19,24-25H2,1H3. The predicted octanol–water partition coefficient (Wildman–Crippen LogP) is 6.31. The quantitative estimate of drug-likeness (QED) is 0.429. The van der Waals surface area contributed by atoms with Gasteiger partial charge < -0.3 is 11.5 Å². The van der Waals surface area contributed by atoms with Gasteiger partial charge in [-0.1, -0.05) is 77.6 Å². The van der Waals surface area contributed by atoms with Gasteiger partial charge in [0.1, 0.15) is 0 Å². The minimum absolute atomic E-state index is 0.206. The van der Waals surface area contributed by atoms with Crippen molar-refractivity contribution in [2.24, 2.45) is 23.3 Å². The molecule has 0 saturated heterocycles. The van der Waals surface area contributed by atoms with Crippen molar-refractivity contribution in [2.75, 3.05) is 0 Å². The molecule has 0 amide bonds. The second kappa shape index (κ2) is 11.6. The van der Waals surface area contributed by atoms with Gasteiger partial charge in [0.05, 0.1) is 0 Å². The van der Waals surface area contributed by atoms with Crippen LogP contribution < -0.4 is 11.5 Å². The van der Waals surface area contributed by atoms with Crippen molar-refractivity contribution in [2.45, 2.75) is 134 Å². The number of nitrogens with two attached hydrogens (primary N) is 2. The van der Waals surface area contributed by atoms with Gasteiger partial charge in [0, 0.05) is 11.6 Å². The molecular formula is C23H46N2. The van der Waals surface area contributed by atoms with Gasteiger partial charge in [0.25, 0.3) is 0 Å². The lowest BCUT2D eigenvalue weighted by atomic mass is 9.77. The largest absolute Gasteiger partial charge is 0.328 e. The monoisotopic (exact) mass is 350 g/mol. The average molecular weight is 351 g/mol. The maximum atomic E-state index is 6.53. The van der Waals surface area contributed by atoms with Crippen molar-refractivity contribution in [3.63, 3.8) is 0 Å². The Balaban J connectivity index is 1.38. The van der Waals surface area contributed by atoms with E-state index in [9.17, 15) is 0 Å². The first-order valence-corrected chi connectivity index (χ1v) is 11.6. The molecule has 0 aromatic heterocycles. The molecule has 25 heavy (non-hydrogen) atoms. The number of unbranched alkanes of at least 4 members (excludes halogenated alkanes) is 6. The van der Waals surface area contributed by atoms with Gasteiger partial charge >= 0.3 is 0 Å². The maximum absolute atomic E-state index is 6.53. The van der Waals surface area contributed by atoms with Gasteiger partial charge in [0.15, 0.2) is 0 Å². The molecule has 2 rings (SSSR count). The molecule has 2 heteroatoms. The summed E-state index contributed by atoms with van der Waals surface area (Å²) in [4.78, 5) is 0. The van der Waals surface area contributed by atoms with Crippen LogP contribution in [0, 0.1) is 11.8 Å². The van der Waals surface area contributed by atoms with Gasteiger partial charge in [0.2, 0.25) is 0 Å². The number of rotatable bonds is 11. The Bertz CT molecular complexity index is 327. The van der Waals surface area contributed by atoms with E-state index < -0.39 is 0 Å². The molecule has 2 fully saturated rings. The second-order valence-corrected chi connectivity index (χ2v) is 9.59. The summed E-state index contributed by atoms with van der Waals surface area (Å²) in [5.74, 6) is 1.88. The van der Waals surface area contributed by atoms with Crippen LogP contribution in [-0.2, 0) is 0 Å². The van der Waals surface area contributed by atoms with Crippen molar-refractivity contribution >= 4 is 0 Å². The highest BCUT2D eigenvalue weighted by molar-refractivity contribution is 4.86. The topological polar surface area (TPSA) is 52.0 Å². The smallest absolute Gasteiger partial charge is 0.0154 e. The fourth-order valence-corrected chi connectivity index (χ4v) is 5.28. The van der Waals surface area contributed by atoms with E-state index in [1.54, 1.807) is 0 Å². The summed E-state index contributed by atoms with van der Waals surface area (Å²) in [6.07, 6.45) is 24.6. The van der Waals surface area contributed by atoms with Crippen LogP contribution in [0.5, 0.6) is 0 Å².